The fourth-order valence-electron chi connectivity index (χ4n) is 5.29. The Bertz CT molecular complexity index is 1230. The summed E-state index contributed by atoms with van der Waals surface area (Å²) in [5, 5.41) is 3.41. The third kappa shape index (κ3) is 5.36. The fraction of sp³-hybridized carbons (Fsp3) is 0.520. The average Bonchev–Trinajstić information content (AvgIpc) is 2.99. The number of pyridine rings is 1. The van der Waals surface area contributed by atoms with Gasteiger partial charge in [0.25, 0.3) is 0 Å². The molecular formula is C25H31F3N4O3S. The first-order valence-electron chi connectivity index (χ1n) is 11.8. The number of benzene rings is 1. The van der Waals surface area contributed by atoms with E-state index in [1.807, 2.05) is 12.1 Å². The molecule has 2 N–H and O–H groups in total. The molecule has 0 radical (unpaired) electrons. The molecule has 36 heavy (non-hydrogen) atoms. The van der Waals surface area contributed by atoms with Crippen LogP contribution in [-0.4, -0.2) is 55.8 Å². The predicted molar refractivity (Wildman–Crippen MR) is 131 cm³/mol. The number of amides is 1. The number of carbonyl (C=O) groups excluding carboxylic acids is 1. The molecular weight excluding hydrogens is 493 g/mol. The molecule has 196 valence electrons. The van der Waals surface area contributed by atoms with Crippen molar-refractivity contribution >= 4 is 21.6 Å². The summed E-state index contributed by atoms with van der Waals surface area (Å²) >= 11 is 0. The normalized spacial score (nSPS) is 23.9. The van der Waals surface area contributed by atoms with Gasteiger partial charge in [-0.1, -0.05) is 38.1 Å². The molecule has 4 rings (SSSR count). The van der Waals surface area contributed by atoms with Gasteiger partial charge in [-0.25, -0.2) is 13.1 Å². The molecule has 1 saturated carbocycles. The molecule has 1 aromatic heterocycles. The van der Waals surface area contributed by atoms with E-state index in [0.717, 1.165) is 19.7 Å². The number of sulfonamides is 1. The maximum Gasteiger partial charge on any atom is 0.414 e. The minimum absolute atomic E-state index is 0.0531. The third-order valence-electron chi connectivity index (χ3n) is 7.33. The molecule has 2 aromatic rings. The van der Waals surface area contributed by atoms with Gasteiger partial charge in [0.2, 0.25) is 15.9 Å². The molecule has 2 atom stereocenters. The maximum absolute atomic E-state index is 14.0. The van der Waals surface area contributed by atoms with Gasteiger partial charge < -0.3 is 10.2 Å². The molecule has 1 fully saturated rings. The van der Waals surface area contributed by atoms with Gasteiger partial charge in [0.15, 0.2) is 6.04 Å². The topological polar surface area (TPSA) is 91.4 Å². The second kappa shape index (κ2) is 9.33. The quantitative estimate of drug-likeness (QED) is 0.575. The lowest BCUT2D eigenvalue weighted by molar-refractivity contribution is -0.192. The van der Waals surface area contributed by atoms with E-state index in [0.29, 0.717) is 10.6 Å². The third-order valence-corrected chi connectivity index (χ3v) is 8.09. The van der Waals surface area contributed by atoms with E-state index in [4.69, 9.17) is 0 Å². The number of rotatable bonds is 7. The van der Waals surface area contributed by atoms with Crippen LogP contribution in [0.25, 0.3) is 0 Å². The summed E-state index contributed by atoms with van der Waals surface area (Å²) in [7, 11) is -2.33. The van der Waals surface area contributed by atoms with E-state index in [1.165, 1.54) is 23.4 Å². The largest absolute Gasteiger partial charge is 0.414 e. The summed E-state index contributed by atoms with van der Waals surface area (Å²) in [6, 6.07) is 8.45. The standard InChI is InChI=1S/C25H31F3N4O3S/c1-24(2)19-8-6-5-7-15(19)13-21(24)30-17-9-10-20(29-14-17)22(25(26,27)28)32(3)23(33)16-11-18(12-16)31-36(4,34)35/h5-10,14,16,18,21-22,30-31H,11-13H2,1-4H3/t16?,18?,21-,22-/m0/s1. The van der Waals surface area contributed by atoms with Gasteiger partial charge in [-0.05, 0) is 42.5 Å². The summed E-state index contributed by atoms with van der Waals surface area (Å²) in [5.41, 5.74) is 2.65. The Morgan fingerprint density at radius 2 is 1.83 bits per heavy atom. The first kappa shape index (κ1) is 26.4. The lowest BCUT2D eigenvalue weighted by Crippen LogP contribution is -2.51. The molecule has 1 aromatic carbocycles. The van der Waals surface area contributed by atoms with Gasteiger partial charge in [-0.2, -0.15) is 13.2 Å². The van der Waals surface area contributed by atoms with E-state index < -0.39 is 40.1 Å². The second-order valence-electron chi connectivity index (χ2n) is 10.4. The van der Waals surface area contributed by atoms with Crippen molar-refractivity contribution in [3.8, 4) is 0 Å². The van der Waals surface area contributed by atoms with Crippen molar-refractivity contribution in [3.05, 3.63) is 59.4 Å². The van der Waals surface area contributed by atoms with E-state index in [1.54, 1.807) is 6.07 Å². The monoisotopic (exact) mass is 524 g/mol. The van der Waals surface area contributed by atoms with Crippen LogP contribution in [0.2, 0.25) is 0 Å². The Labute approximate surface area is 209 Å². The number of hydrogen-bond acceptors (Lipinski definition) is 5. The molecule has 0 aliphatic heterocycles. The van der Waals surface area contributed by atoms with Crippen LogP contribution in [0.4, 0.5) is 18.9 Å². The Balaban J connectivity index is 1.45. The molecule has 7 nitrogen and oxygen atoms in total. The number of nitrogens with one attached hydrogen (secondary N) is 2. The smallest absolute Gasteiger partial charge is 0.380 e. The highest BCUT2D eigenvalue weighted by molar-refractivity contribution is 7.88. The van der Waals surface area contributed by atoms with Crippen molar-refractivity contribution in [1.82, 2.24) is 14.6 Å². The van der Waals surface area contributed by atoms with Crippen LogP contribution < -0.4 is 10.0 Å². The second-order valence-corrected chi connectivity index (χ2v) is 12.2. The molecule has 11 heteroatoms. The average molecular weight is 525 g/mol. The summed E-state index contributed by atoms with van der Waals surface area (Å²) in [6.45, 7) is 4.27. The molecule has 2 aliphatic rings. The highest BCUT2D eigenvalue weighted by Crippen LogP contribution is 2.41. The van der Waals surface area contributed by atoms with Crippen molar-refractivity contribution in [2.24, 2.45) is 5.92 Å². The number of hydrogen-bond donors (Lipinski definition) is 2. The number of anilines is 1. The van der Waals surface area contributed by atoms with Gasteiger partial charge in [0.1, 0.15) is 0 Å². The molecule has 1 amide bonds. The van der Waals surface area contributed by atoms with Crippen molar-refractivity contribution < 1.29 is 26.4 Å². The van der Waals surface area contributed by atoms with Crippen LogP contribution in [-0.2, 0) is 26.7 Å². The maximum atomic E-state index is 14.0. The van der Waals surface area contributed by atoms with E-state index in [-0.39, 0.29) is 30.0 Å². The van der Waals surface area contributed by atoms with Crippen LogP contribution in [0.5, 0.6) is 0 Å². The van der Waals surface area contributed by atoms with Crippen LogP contribution >= 0.6 is 0 Å². The minimum atomic E-state index is -4.73. The summed E-state index contributed by atoms with van der Waals surface area (Å²) in [6.07, 6.45) is -1.22. The Morgan fingerprint density at radius 1 is 1.17 bits per heavy atom. The van der Waals surface area contributed by atoms with Crippen LogP contribution in [0.15, 0.2) is 42.6 Å². The Morgan fingerprint density at radius 3 is 2.39 bits per heavy atom. The van der Waals surface area contributed by atoms with Crippen molar-refractivity contribution in [3.63, 3.8) is 0 Å². The van der Waals surface area contributed by atoms with Gasteiger partial charge in [0.05, 0.1) is 23.8 Å². The number of alkyl halides is 3. The minimum Gasteiger partial charge on any atom is -0.380 e. The zero-order chi connectivity index (χ0) is 26.5. The Hall–Kier alpha value is -2.66. The van der Waals surface area contributed by atoms with E-state index in [9.17, 15) is 26.4 Å². The lowest BCUT2D eigenvalue weighted by atomic mass is 9.79. The first-order chi connectivity index (χ1) is 16.7. The van der Waals surface area contributed by atoms with Crippen molar-refractivity contribution in [2.75, 3.05) is 18.6 Å². The number of halogens is 3. The molecule has 1 heterocycles. The van der Waals surface area contributed by atoms with Gasteiger partial charge in [-0.3, -0.25) is 9.78 Å². The molecule has 0 spiro atoms. The van der Waals surface area contributed by atoms with Crippen LogP contribution in [0.1, 0.15) is 49.6 Å². The predicted octanol–water partition coefficient (Wildman–Crippen LogP) is 3.79. The number of carbonyl (C=O) groups is 1. The highest BCUT2D eigenvalue weighted by atomic mass is 32.2. The van der Waals surface area contributed by atoms with Crippen molar-refractivity contribution in [2.45, 2.75) is 62.8 Å². The summed E-state index contributed by atoms with van der Waals surface area (Å²) in [4.78, 5) is 17.5. The SMILES string of the molecule is CN(C(=O)C1CC(NS(C)(=O)=O)C1)[C@@H](c1ccc(N[C@H]2Cc3ccccc3C2(C)C)cn1)C(F)(F)F. The summed E-state index contributed by atoms with van der Waals surface area (Å²) in [5.74, 6) is -1.36. The highest BCUT2D eigenvalue weighted by Gasteiger charge is 2.49. The first-order valence-corrected chi connectivity index (χ1v) is 13.7. The van der Waals surface area contributed by atoms with E-state index >= 15 is 0 Å². The molecule has 0 unspecified atom stereocenters. The Kier molecular flexibility index (Phi) is 6.85. The molecule has 2 aliphatic carbocycles. The number of fused-ring (bicyclic) bond motifs is 1. The van der Waals surface area contributed by atoms with Gasteiger partial charge in [0, 0.05) is 30.5 Å². The van der Waals surface area contributed by atoms with Crippen LogP contribution in [0, 0.1) is 5.92 Å². The number of nitrogens with zero attached hydrogens (tertiary/aromatic N) is 2. The molecule has 0 bridgehead atoms. The molecule has 0 saturated heterocycles. The lowest BCUT2D eigenvalue weighted by Gasteiger charge is -2.39. The van der Waals surface area contributed by atoms with Gasteiger partial charge >= 0.3 is 6.18 Å². The van der Waals surface area contributed by atoms with Crippen LogP contribution in [0.3, 0.4) is 0 Å². The fourth-order valence-corrected chi connectivity index (χ4v) is 6.09. The van der Waals surface area contributed by atoms with E-state index in [2.05, 4.69) is 41.0 Å². The summed E-state index contributed by atoms with van der Waals surface area (Å²) < 4.78 is 67.2. The van der Waals surface area contributed by atoms with Gasteiger partial charge in [-0.15, -0.1) is 0 Å². The zero-order valence-electron chi connectivity index (χ0n) is 20.6. The number of aromatic nitrogens is 1. The van der Waals surface area contributed by atoms with Crippen molar-refractivity contribution in [1.29, 1.82) is 0 Å². The zero-order valence-corrected chi connectivity index (χ0v) is 21.4.